The number of rotatable bonds is 9. The van der Waals surface area contributed by atoms with E-state index in [1.165, 1.54) is 94.2 Å². The van der Waals surface area contributed by atoms with Gasteiger partial charge in [0.05, 0.1) is 11.1 Å². The van der Waals surface area contributed by atoms with Crippen LogP contribution in [0.25, 0.3) is 66.4 Å². The van der Waals surface area contributed by atoms with Gasteiger partial charge in [-0.25, -0.2) is 0 Å². The van der Waals surface area contributed by atoms with Crippen molar-refractivity contribution in [3.8, 4) is 55.6 Å². The fourth-order valence-electron chi connectivity index (χ4n) is 13.1. The number of nitrogens with zero attached hydrogens (tertiary/aromatic N) is 1. The summed E-state index contributed by atoms with van der Waals surface area (Å²) in [6.45, 7) is 9.75. The Morgan fingerprint density at radius 3 is 1.44 bits per heavy atom. The highest BCUT2D eigenvalue weighted by Gasteiger charge is 2.51. The minimum absolute atomic E-state index is 0.0565. The molecule has 0 saturated heterocycles. The van der Waals surface area contributed by atoms with E-state index < -0.39 is 5.41 Å². The standard InChI is InChI=1S/C72H57N/c1-70(2)48-71(3,4)67-47-65-64(46-66(67)70)63-36-21-35-62(69(63)72(65,57-29-13-7-14-30-57)58-31-15-8-16-32-58)53-40-38-51(39-41-53)54-28-19-33-59(43-54)73(68-37-20-27-52-26-17-18-34-61(52)68)60-44-55(49-22-9-5-10-23-49)42-56(45-60)50-24-11-6-12-25-50/h5-47H,48H2,1-4H3. The molecule has 350 valence electrons. The Morgan fingerprint density at radius 1 is 0.315 bits per heavy atom. The van der Waals surface area contributed by atoms with Gasteiger partial charge in [0.25, 0.3) is 0 Å². The fraction of sp³-hybridized carbons (Fsp3) is 0.111. The molecule has 0 bridgehead atoms. The molecule has 0 aliphatic heterocycles. The molecule has 1 heteroatoms. The van der Waals surface area contributed by atoms with E-state index in [1.807, 2.05) is 0 Å². The van der Waals surface area contributed by atoms with Crippen molar-refractivity contribution >= 4 is 27.8 Å². The summed E-state index contributed by atoms with van der Waals surface area (Å²) in [5.74, 6) is 0. The summed E-state index contributed by atoms with van der Waals surface area (Å²) < 4.78 is 0. The number of fused-ring (bicyclic) bond motifs is 5. The smallest absolute Gasteiger partial charge is 0.0719 e. The molecule has 0 fully saturated rings. The molecule has 11 aromatic rings. The average Bonchev–Trinajstić information content (AvgIpc) is 3.84. The molecule has 0 atom stereocenters. The van der Waals surface area contributed by atoms with E-state index in [0.29, 0.717) is 0 Å². The van der Waals surface area contributed by atoms with E-state index in [1.54, 1.807) is 0 Å². The third kappa shape index (κ3) is 7.37. The Morgan fingerprint density at radius 2 is 0.795 bits per heavy atom. The van der Waals surface area contributed by atoms with Crippen LogP contribution in [0.5, 0.6) is 0 Å². The Labute approximate surface area is 430 Å². The summed E-state index contributed by atoms with van der Waals surface area (Å²) in [4.78, 5) is 2.45. The van der Waals surface area contributed by atoms with Crippen LogP contribution in [0.4, 0.5) is 17.1 Å². The van der Waals surface area contributed by atoms with Gasteiger partial charge in [-0.1, -0.05) is 246 Å². The Kier molecular flexibility index (Phi) is 10.6. The molecule has 1 nitrogen and oxygen atoms in total. The summed E-state index contributed by atoms with van der Waals surface area (Å²) in [5, 5.41) is 2.40. The number of benzene rings is 11. The zero-order chi connectivity index (χ0) is 49.3. The zero-order valence-electron chi connectivity index (χ0n) is 42.0. The van der Waals surface area contributed by atoms with Gasteiger partial charge in [-0.2, -0.15) is 0 Å². The largest absolute Gasteiger partial charge is 0.310 e. The molecule has 73 heavy (non-hydrogen) atoms. The van der Waals surface area contributed by atoms with Gasteiger partial charge < -0.3 is 4.90 Å². The fourth-order valence-corrected chi connectivity index (χ4v) is 13.1. The van der Waals surface area contributed by atoms with Gasteiger partial charge in [0, 0.05) is 16.8 Å². The van der Waals surface area contributed by atoms with Crippen molar-refractivity contribution in [3.05, 3.63) is 294 Å². The highest BCUT2D eigenvalue weighted by molar-refractivity contribution is 6.00. The van der Waals surface area contributed by atoms with Crippen LogP contribution in [0, 0.1) is 0 Å². The number of hydrogen-bond acceptors (Lipinski definition) is 1. The second kappa shape index (κ2) is 17.4. The van der Waals surface area contributed by atoms with E-state index in [0.717, 1.165) is 29.0 Å². The molecule has 0 heterocycles. The molecule has 2 aliphatic carbocycles. The minimum atomic E-state index is -0.530. The highest BCUT2D eigenvalue weighted by Crippen LogP contribution is 2.62. The van der Waals surface area contributed by atoms with Crippen molar-refractivity contribution in [2.75, 3.05) is 4.90 Å². The van der Waals surface area contributed by atoms with Gasteiger partial charge >= 0.3 is 0 Å². The SMILES string of the molecule is CC1(C)CC(C)(C)c2cc3c(cc21)-c1cccc(-c2ccc(-c4cccc(N(c5cc(-c6ccccc6)cc(-c6ccccc6)c5)c5cccc6ccccc56)c4)cc2)c1C3(c1ccccc1)c1ccccc1. The molecule has 11 aromatic carbocycles. The molecule has 0 spiro atoms. The molecule has 0 radical (unpaired) electrons. The summed E-state index contributed by atoms with van der Waals surface area (Å²) in [6, 6.07) is 97.1. The molecular weight excluding hydrogens is 879 g/mol. The summed E-state index contributed by atoms with van der Waals surface area (Å²) >= 11 is 0. The number of hydrogen-bond donors (Lipinski definition) is 0. The third-order valence-electron chi connectivity index (χ3n) is 16.1. The van der Waals surface area contributed by atoms with E-state index in [4.69, 9.17) is 0 Å². The van der Waals surface area contributed by atoms with Crippen LogP contribution in [-0.4, -0.2) is 0 Å². The van der Waals surface area contributed by atoms with Crippen LogP contribution in [0.2, 0.25) is 0 Å². The molecule has 0 N–H and O–H groups in total. The normalized spacial score (nSPS) is 14.6. The quantitative estimate of drug-likeness (QED) is 0.139. The molecule has 13 rings (SSSR count). The predicted octanol–water partition coefficient (Wildman–Crippen LogP) is 19.3. The van der Waals surface area contributed by atoms with Crippen LogP contribution in [0.15, 0.2) is 261 Å². The van der Waals surface area contributed by atoms with Crippen molar-refractivity contribution in [2.24, 2.45) is 0 Å². The van der Waals surface area contributed by atoms with Crippen molar-refractivity contribution in [1.29, 1.82) is 0 Å². The highest BCUT2D eigenvalue weighted by atomic mass is 15.1. The maximum atomic E-state index is 2.61. The first-order valence-electron chi connectivity index (χ1n) is 25.9. The molecule has 0 amide bonds. The maximum absolute atomic E-state index is 2.61. The van der Waals surface area contributed by atoms with Crippen molar-refractivity contribution in [2.45, 2.75) is 50.4 Å². The van der Waals surface area contributed by atoms with Gasteiger partial charge in [0.1, 0.15) is 0 Å². The second-order valence-electron chi connectivity index (χ2n) is 21.6. The van der Waals surface area contributed by atoms with Crippen LogP contribution in [-0.2, 0) is 16.2 Å². The van der Waals surface area contributed by atoms with Crippen molar-refractivity contribution in [1.82, 2.24) is 0 Å². The second-order valence-corrected chi connectivity index (χ2v) is 21.6. The summed E-state index contributed by atoms with van der Waals surface area (Å²) in [7, 11) is 0. The first kappa shape index (κ1) is 44.4. The molecular formula is C72H57N. The Bertz CT molecular complexity index is 3750. The Hall–Kier alpha value is -8.52. The molecule has 2 aliphatic rings. The average molecular weight is 936 g/mol. The van der Waals surface area contributed by atoms with E-state index in [2.05, 4.69) is 293 Å². The number of anilines is 3. The lowest BCUT2D eigenvalue weighted by molar-refractivity contribution is 0.403. The van der Waals surface area contributed by atoms with E-state index in [-0.39, 0.29) is 10.8 Å². The van der Waals surface area contributed by atoms with Gasteiger partial charge in [0.15, 0.2) is 0 Å². The topological polar surface area (TPSA) is 3.24 Å². The zero-order valence-corrected chi connectivity index (χ0v) is 42.0. The first-order valence-corrected chi connectivity index (χ1v) is 25.9. The van der Waals surface area contributed by atoms with Gasteiger partial charge in [-0.15, -0.1) is 0 Å². The summed E-state index contributed by atoms with van der Waals surface area (Å²) in [6.07, 6.45) is 1.13. The van der Waals surface area contributed by atoms with Gasteiger partial charge in [0.2, 0.25) is 0 Å². The van der Waals surface area contributed by atoms with Crippen molar-refractivity contribution in [3.63, 3.8) is 0 Å². The monoisotopic (exact) mass is 935 g/mol. The lowest BCUT2D eigenvalue weighted by Crippen LogP contribution is -2.29. The molecule has 0 saturated carbocycles. The van der Waals surface area contributed by atoms with Crippen LogP contribution >= 0.6 is 0 Å². The van der Waals surface area contributed by atoms with Crippen LogP contribution in [0.3, 0.4) is 0 Å². The third-order valence-corrected chi connectivity index (χ3v) is 16.1. The first-order chi connectivity index (χ1) is 35.7. The van der Waals surface area contributed by atoms with E-state index >= 15 is 0 Å². The lowest BCUT2D eigenvalue weighted by atomic mass is 9.65. The minimum Gasteiger partial charge on any atom is -0.310 e. The molecule has 0 aromatic heterocycles. The Balaban J connectivity index is 0.968. The van der Waals surface area contributed by atoms with E-state index in [9.17, 15) is 0 Å². The van der Waals surface area contributed by atoms with Gasteiger partial charge in [-0.3, -0.25) is 0 Å². The van der Waals surface area contributed by atoms with Crippen LogP contribution < -0.4 is 4.90 Å². The van der Waals surface area contributed by atoms with Crippen molar-refractivity contribution < 1.29 is 0 Å². The predicted molar refractivity (Wildman–Crippen MR) is 308 cm³/mol. The molecule has 0 unspecified atom stereocenters. The lowest BCUT2D eigenvalue weighted by Gasteiger charge is -2.36. The summed E-state index contributed by atoms with van der Waals surface area (Å²) in [5.41, 5.74) is 23.4. The maximum Gasteiger partial charge on any atom is 0.0719 e. The van der Waals surface area contributed by atoms with Crippen LogP contribution in [0.1, 0.15) is 67.5 Å². The van der Waals surface area contributed by atoms with Gasteiger partial charge in [-0.05, 0) is 154 Å².